The monoisotopic (exact) mass is 410 g/mol. The molecule has 2 aliphatic heterocycles. The van der Waals surface area contributed by atoms with Crippen molar-refractivity contribution in [1.29, 1.82) is 0 Å². The molecule has 3 aromatic heterocycles. The maximum Gasteiger partial charge on any atom is 0.271 e. The maximum absolute atomic E-state index is 13.7. The number of fused-ring (bicyclic) bond motifs is 4. The van der Waals surface area contributed by atoms with Gasteiger partial charge in [-0.05, 0) is 43.9 Å². The first-order valence-electron chi connectivity index (χ1n) is 10.5. The van der Waals surface area contributed by atoms with Crippen molar-refractivity contribution in [3.63, 3.8) is 0 Å². The molecular formula is C22H26N4O4. The Morgan fingerprint density at radius 3 is 2.67 bits per heavy atom. The molecule has 8 heteroatoms. The lowest BCUT2D eigenvalue weighted by Crippen LogP contribution is -2.48. The largest absolute Gasteiger partial charge is 0.383 e. The SMILES string of the molecule is COCCn1c(C(=O)N2C3CCC2CC(OC)C3)cc2c(=O)n3ccccc3nc21. The minimum absolute atomic E-state index is 0.0281. The number of hydrogen-bond donors (Lipinski definition) is 0. The highest BCUT2D eigenvalue weighted by molar-refractivity contribution is 5.98. The maximum atomic E-state index is 13.7. The molecule has 2 saturated heterocycles. The Bertz CT molecular complexity index is 1150. The number of ether oxygens (including phenoxy) is 2. The summed E-state index contributed by atoms with van der Waals surface area (Å²) in [5.41, 5.74) is 1.44. The molecule has 2 atom stereocenters. The zero-order valence-electron chi connectivity index (χ0n) is 17.3. The molecule has 30 heavy (non-hydrogen) atoms. The predicted molar refractivity (Wildman–Crippen MR) is 112 cm³/mol. The zero-order valence-corrected chi connectivity index (χ0v) is 17.3. The second kappa shape index (κ2) is 7.52. The number of methoxy groups -OCH3 is 2. The molecule has 0 radical (unpaired) electrons. The van der Waals surface area contributed by atoms with Crippen molar-refractivity contribution in [3.8, 4) is 0 Å². The molecule has 2 unspecified atom stereocenters. The Morgan fingerprint density at radius 2 is 1.97 bits per heavy atom. The van der Waals surface area contributed by atoms with Crippen LogP contribution >= 0.6 is 0 Å². The molecule has 2 fully saturated rings. The summed E-state index contributed by atoms with van der Waals surface area (Å²) in [6, 6.07) is 7.52. The number of nitrogens with zero attached hydrogens (tertiary/aromatic N) is 4. The smallest absolute Gasteiger partial charge is 0.271 e. The standard InChI is InChI=1S/C22H26N4O4/c1-29-10-9-24-18(22(28)26-14-6-7-15(26)12-16(11-14)30-2)13-17-20(24)23-19-5-3-4-8-25(19)21(17)27/h3-5,8,13-16H,6-7,9-12H2,1-2H3. The van der Waals surface area contributed by atoms with Crippen LogP contribution in [0.25, 0.3) is 16.7 Å². The van der Waals surface area contributed by atoms with E-state index in [0.29, 0.717) is 35.5 Å². The van der Waals surface area contributed by atoms with Crippen molar-refractivity contribution >= 4 is 22.6 Å². The van der Waals surface area contributed by atoms with Gasteiger partial charge in [0, 0.05) is 39.0 Å². The number of aromatic nitrogens is 3. The minimum atomic E-state index is -0.165. The molecular weight excluding hydrogens is 384 g/mol. The van der Waals surface area contributed by atoms with Gasteiger partial charge in [0.05, 0.1) is 18.1 Å². The molecule has 0 aromatic carbocycles. The van der Waals surface area contributed by atoms with E-state index < -0.39 is 0 Å². The van der Waals surface area contributed by atoms with Crippen LogP contribution in [0.3, 0.4) is 0 Å². The average Bonchev–Trinajstić information content (AvgIpc) is 3.26. The third kappa shape index (κ3) is 2.94. The molecule has 0 N–H and O–H groups in total. The highest BCUT2D eigenvalue weighted by Crippen LogP contribution is 2.38. The lowest BCUT2D eigenvalue weighted by atomic mass is 9.99. The fourth-order valence-electron chi connectivity index (χ4n) is 5.12. The van der Waals surface area contributed by atoms with Crippen molar-refractivity contribution in [2.24, 2.45) is 0 Å². The van der Waals surface area contributed by atoms with Gasteiger partial charge in [0.25, 0.3) is 11.5 Å². The van der Waals surface area contributed by atoms with Crippen molar-refractivity contribution in [2.75, 3.05) is 20.8 Å². The summed E-state index contributed by atoms with van der Waals surface area (Å²) >= 11 is 0. The van der Waals surface area contributed by atoms with Gasteiger partial charge in [-0.25, -0.2) is 4.98 Å². The first kappa shape index (κ1) is 19.3. The van der Waals surface area contributed by atoms with Crippen molar-refractivity contribution in [2.45, 2.75) is 50.4 Å². The highest BCUT2D eigenvalue weighted by atomic mass is 16.5. The van der Waals surface area contributed by atoms with E-state index in [1.54, 1.807) is 38.6 Å². The van der Waals surface area contributed by atoms with Gasteiger partial charge in [0.15, 0.2) is 0 Å². The second-order valence-corrected chi connectivity index (χ2v) is 8.18. The van der Waals surface area contributed by atoms with Crippen molar-refractivity contribution < 1.29 is 14.3 Å². The fraction of sp³-hybridized carbons (Fsp3) is 0.500. The molecule has 2 bridgehead atoms. The van der Waals surface area contributed by atoms with E-state index in [4.69, 9.17) is 14.5 Å². The quantitative estimate of drug-likeness (QED) is 0.644. The van der Waals surface area contributed by atoms with Gasteiger partial charge in [-0.2, -0.15) is 0 Å². The number of carbonyl (C=O) groups excluding carboxylic acids is 1. The van der Waals surface area contributed by atoms with E-state index in [0.717, 1.165) is 25.7 Å². The highest BCUT2D eigenvalue weighted by Gasteiger charge is 2.44. The van der Waals surface area contributed by atoms with Gasteiger partial charge in [-0.3, -0.25) is 14.0 Å². The number of piperidine rings is 1. The van der Waals surface area contributed by atoms with Crippen LogP contribution in [-0.4, -0.2) is 63.8 Å². The van der Waals surface area contributed by atoms with Crippen LogP contribution in [0.1, 0.15) is 36.2 Å². The van der Waals surface area contributed by atoms with Gasteiger partial charge in [0.2, 0.25) is 0 Å². The molecule has 5 heterocycles. The van der Waals surface area contributed by atoms with Gasteiger partial charge in [-0.1, -0.05) is 6.07 Å². The molecule has 0 spiro atoms. The lowest BCUT2D eigenvalue weighted by Gasteiger charge is -2.38. The summed E-state index contributed by atoms with van der Waals surface area (Å²) in [6.07, 6.45) is 5.64. The number of carbonyl (C=O) groups is 1. The number of hydrogen-bond acceptors (Lipinski definition) is 5. The van der Waals surface area contributed by atoms with Crippen LogP contribution in [0, 0.1) is 0 Å². The van der Waals surface area contributed by atoms with Crippen LogP contribution in [0.4, 0.5) is 0 Å². The van der Waals surface area contributed by atoms with Gasteiger partial charge >= 0.3 is 0 Å². The van der Waals surface area contributed by atoms with Crippen LogP contribution in [0.2, 0.25) is 0 Å². The molecule has 0 saturated carbocycles. The van der Waals surface area contributed by atoms with Crippen LogP contribution in [-0.2, 0) is 16.0 Å². The Kier molecular flexibility index (Phi) is 4.83. The zero-order chi connectivity index (χ0) is 20.8. The first-order valence-corrected chi connectivity index (χ1v) is 10.5. The van der Waals surface area contributed by atoms with Crippen molar-refractivity contribution in [3.05, 3.63) is 46.5 Å². The summed E-state index contributed by atoms with van der Waals surface area (Å²) in [7, 11) is 3.37. The molecule has 8 nitrogen and oxygen atoms in total. The third-order valence-electron chi connectivity index (χ3n) is 6.57. The summed E-state index contributed by atoms with van der Waals surface area (Å²) in [5, 5.41) is 0.456. The molecule has 0 aliphatic carbocycles. The number of pyridine rings is 1. The van der Waals surface area contributed by atoms with Crippen LogP contribution < -0.4 is 5.56 Å². The van der Waals surface area contributed by atoms with Crippen LogP contribution in [0.15, 0.2) is 35.3 Å². The van der Waals surface area contributed by atoms with E-state index >= 15 is 0 Å². The van der Waals surface area contributed by atoms with E-state index in [1.165, 1.54) is 4.40 Å². The Morgan fingerprint density at radius 1 is 1.20 bits per heavy atom. The summed E-state index contributed by atoms with van der Waals surface area (Å²) in [5.74, 6) is -0.0281. The molecule has 3 aromatic rings. The van der Waals surface area contributed by atoms with E-state index in [2.05, 4.69) is 0 Å². The lowest BCUT2D eigenvalue weighted by molar-refractivity contribution is 0.00768. The number of amides is 1. The van der Waals surface area contributed by atoms with Gasteiger partial charge < -0.3 is 18.9 Å². The fourth-order valence-corrected chi connectivity index (χ4v) is 5.12. The Balaban J connectivity index is 1.63. The first-order chi connectivity index (χ1) is 14.6. The Labute approximate surface area is 174 Å². The van der Waals surface area contributed by atoms with Gasteiger partial charge in [-0.15, -0.1) is 0 Å². The summed E-state index contributed by atoms with van der Waals surface area (Å²) in [6.45, 7) is 0.888. The molecule has 1 amide bonds. The average molecular weight is 410 g/mol. The van der Waals surface area contributed by atoms with E-state index in [9.17, 15) is 9.59 Å². The summed E-state index contributed by atoms with van der Waals surface area (Å²) in [4.78, 5) is 33.5. The van der Waals surface area contributed by atoms with Crippen molar-refractivity contribution in [1.82, 2.24) is 18.9 Å². The number of rotatable bonds is 5. The predicted octanol–water partition coefficient (Wildman–Crippen LogP) is 2.08. The topological polar surface area (TPSA) is 78.1 Å². The minimum Gasteiger partial charge on any atom is -0.383 e. The van der Waals surface area contributed by atoms with Crippen LogP contribution in [0.5, 0.6) is 0 Å². The summed E-state index contributed by atoms with van der Waals surface area (Å²) < 4.78 is 14.2. The molecule has 158 valence electrons. The molecule has 2 aliphatic rings. The Hall–Kier alpha value is -2.71. The molecule has 5 rings (SSSR count). The van der Waals surface area contributed by atoms with Gasteiger partial charge in [0.1, 0.15) is 17.0 Å². The third-order valence-corrected chi connectivity index (χ3v) is 6.57. The van der Waals surface area contributed by atoms with E-state index in [-0.39, 0.29) is 29.7 Å². The second-order valence-electron chi connectivity index (χ2n) is 8.18. The normalized spacial score (nSPS) is 23.5. The van der Waals surface area contributed by atoms with E-state index in [1.807, 2.05) is 15.5 Å².